The maximum Gasteiger partial charge on any atom is 0.164 e. The van der Waals surface area contributed by atoms with E-state index < -0.39 is 0 Å². The Balaban J connectivity index is 1.05. The number of fused-ring (bicyclic) bond motifs is 12. The predicted molar refractivity (Wildman–Crippen MR) is 258 cm³/mol. The zero-order valence-electron chi connectivity index (χ0n) is 33.6. The summed E-state index contributed by atoms with van der Waals surface area (Å²) in [5, 5.41) is 13.4. The highest BCUT2D eigenvalue weighted by Gasteiger charge is 2.24. The largest absolute Gasteiger partial charge is 0.456 e. The molecule has 0 saturated carbocycles. The monoisotopic (exact) mass is 804 g/mol. The molecular formula is C57H32N4O2. The SMILES string of the molecule is c1ccc2cc(-c3nc(-c4ccc5c(c4)oc4ccccc45)nc(-c4ccc(-n5c6cc7ccccc7cc6c6cc7ccccc7cc65)c5oc6ccccc6c45)n3)ccc2c1. The lowest BCUT2D eigenvalue weighted by molar-refractivity contribution is 0.666. The Morgan fingerprint density at radius 1 is 0.333 bits per heavy atom. The van der Waals surface area contributed by atoms with Gasteiger partial charge in [-0.1, -0.05) is 127 Å². The molecule has 14 aromatic rings. The number of furan rings is 2. The summed E-state index contributed by atoms with van der Waals surface area (Å²) in [6, 6.07) is 68.1. The van der Waals surface area contributed by atoms with E-state index in [1.807, 2.05) is 36.4 Å². The molecule has 0 N–H and O–H groups in total. The van der Waals surface area contributed by atoms with E-state index in [4.69, 9.17) is 23.8 Å². The Labute approximate surface area is 358 Å². The van der Waals surface area contributed by atoms with Gasteiger partial charge in [0.25, 0.3) is 0 Å². The van der Waals surface area contributed by atoms with Gasteiger partial charge in [0.2, 0.25) is 0 Å². The second kappa shape index (κ2) is 12.9. The van der Waals surface area contributed by atoms with Crippen molar-refractivity contribution < 1.29 is 8.83 Å². The Morgan fingerprint density at radius 2 is 0.841 bits per heavy atom. The van der Waals surface area contributed by atoms with Crippen LogP contribution in [0.2, 0.25) is 0 Å². The van der Waals surface area contributed by atoms with Gasteiger partial charge >= 0.3 is 0 Å². The quantitative estimate of drug-likeness (QED) is 0.177. The third kappa shape index (κ3) is 5.15. The standard InChI is InChI=1S/C57H32N4O2/c1-2-12-34-27-39(22-21-33(34)11-1)55-58-56(40-23-24-42-41-17-7-9-19-50(41)62-52(42)32-40)60-57(59-55)44-25-26-47(54-53(44)43-18-8-10-20-51(43)63-54)61-48-30-37-15-5-3-13-35(37)28-45(48)46-29-36-14-4-6-16-38(36)31-49(46)61/h1-32H. The van der Waals surface area contributed by atoms with Crippen LogP contribution in [-0.4, -0.2) is 19.5 Å². The van der Waals surface area contributed by atoms with E-state index >= 15 is 0 Å². The molecule has 0 spiro atoms. The molecule has 292 valence electrons. The first kappa shape index (κ1) is 34.1. The highest BCUT2D eigenvalue weighted by atomic mass is 16.3. The Hall–Kier alpha value is -8.61. The highest BCUT2D eigenvalue weighted by Crippen LogP contribution is 2.44. The van der Waals surface area contributed by atoms with Crippen LogP contribution in [0.15, 0.2) is 203 Å². The van der Waals surface area contributed by atoms with Crippen LogP contribution in [0.3, 0.4) is 0 Å². The third-order valence-electron chi connectivity index (χ3n) is 12.8. The first-order chi connectivity index (χ1) is 31.2. The number of aromatic nitrogens is 4. The number of hydrogen-bond donors (Lipinski definition) is 0. The first-order valence-corrected chi connectivity index (χ1v) is 21.2. The molecule has 10 aromatic carbocycles. The van der Waals surface area contributed by atoms with E-state index in [2.05, 4.69) is 162 Å². The Kier molecular flexibility index (Phi) is 7.02. The molecule has 6 nitrogen and oxygen atoms in total. The van der Waals surface area contributed by atoms with E-state index in [-0.39, 0.29) is 0 Å². The number of benzene rings is 10. The fourth-order valence-corrected chi connectivity index (χ4v) is 9.77. The van der Waals surface area contributed by atoms with Crippen molar-refractivity contribution in [2.45, 2.75) is 0 Å². The maximum atomic E-state index is 6.99. The minimum Gasteiger partial charge on any atom is -0.456 e. The molecule has 0 aliphatic carbocycles. The summed E-state index contributed by atoms with van der Waals surface area (Å²) in [6.45, 7) is 0. The average Bonchev–Trinajstić information content (AvgIpc) is 4.01. The lowest BCUT2D eigenvalue weighted by Gasteiger charge is -2.13. The van der Waals surface area contributed by atoms with Crippen LogP contribution in [0.25, 0.3) is 138 Å². The lowest BCUT2D eigenvalue weighted by atomic mass is 10.0. The molecule has 4 heterocycles. The topological polar surface area (TPSA) is 69.9 Å². The summed E-state index contributed by atoms with van der Waals surface area (Å²) in [4.78, 5) is 15.8. The van der Waals surface area contributed by atoms with Gasteiger partial charge in [-0.15, -0.1) is 0 Å². The Morgan fingerprint density at radius 3 is 1.52 bits per heavy atom. The summed E-state index contributed by atoms with van der Waals surface area (Å²) in [5.74, 6) is 1.68. The lowest BCUT2D eigenvalue weighted by Crippen LogP contribution is -2.01. The molecule has 14 rings (SSSR count). The van der Waals surface area contributed by atoms with Gasteiger partial charge in [-0.25, -0.2) is 15.0 Å². The van der Waals surface area contributed by atoms with Crippen molar-refractivity contribution in [2.75, 3.05) is 0 Å². The number of rotatable bonds is 4. The van der Waals surface area contributed by atoms with Crippen LogP contribution in [0.5, 0.6) is 0 Å². The fourth-order valence-electron chi connectivity index (χ4n) is 9.77. The van der Waals surface area contributed by atoms with E-state index in [9.17, 15) is 0 Å². The first-order valence-electron chi connectivity index (χ1n) is 21.2. The van der Waals surface area contributed by atoms with Gasteiger partial charge in [-0.05, 0) is 99.0 Å². The maximum absolute atomic E-state index is 6.99. The molecule has 0 bridgehead atoms. The molecular weight excluding hydrogens is 773 g/mol. The minimum atomic E-state index is 0.551. The molecule has 0 amide bonds. The molecule has 0 atom stereocenters. The van der Waals surface area contributed by atoms with Crippen LogP contribution in [0.1, 0.15) is 0 Å². The molecule has 4 aromatic heterocycles. The molecule has 63 heavy (non-hydrogen) atoms. The summed E-state index contributed by atoms with van der Waals surface area (Å²) in [7, 11) is 0. The van der Waals surface area contributed by atoms with Crippen molar-refractivity contribution in [1.29, 1.82) is 0 Å². The minimum absolute atomic E-state index is 0.551. The summed E-state index contributed by atoms with van der Waals surface area (Å²) < 4.78 is 15.7. The fraction of sp³-hybridized carbons (Fsp3) is 0. The number of hydrogen-bond acceptors (Lipinski definition) is 5. The molecule has 0 aliphatic heterocycles. The van der Waals surface area contributed by atoms with Gasteiger partial charge in [-0.2, -0.15) is 0 Å². The van der Waals surface area contributed by atoms with Gasteiger partial charge in [0.05, 0.1) is 16.7 Å². The molecule has 6 heteroatoms. The summed E-state index contributed by atoms with van der Waals surface area (Å²) in [6.07, 6.45) is 0. The molecule has 0 radical (unpaired) electrons. The van der Waals surface area contributed by atoms with Crippen molar-refractivity contribution in [3.63, 3.8) is 0 Å². The number of nitrogens with zero attached hydrogens (tertiary/aromatic N) is 4. The molecule has 0 aliphatic rings. The van der Waals surface area contributed by atoms with Gasteiger partial charge < -0.3 is 13.4 Å². The van der Waals surface area contributed by atoms with E-state index in [1.165, 1.54) is 32.3 Å². The van der Waals surface area contributed by atoms with Gasteiger partial charge in [-0.3, -0.25) is 0 Å². The molecule has 0 saturated heterocycles. The number of para-hydroxylation sites is 2. The van der Waals surface area contributed by atoms with Crippen LogP contribution in [0.4, 0.5) is 0 Å². The van der Waals surface area contributed by atoms with Crippen molar-refractivity contribution >= 4 is 98.0 Å². The highest BCUT2D eigenvalue weighted by molar-refractivity contribution is 6.19. The van der Waals surface area contributed by atoms with Crippen molar-refractivity contribution in [3.05, 3.63) is 194 Å². The third-order valence-corrected chi connectivity index (χ3v) is 12.8. The van der Waals surface area contributed by atoms with Crippen LogP contribution < -0.4 is 0 Å². The van der Waals surface area contributed by atoms with E-state index in [1.54, 1.807) is 0 Å². The van der Waals surface area contributed by atoms with E-state index in [0.29, 0.717) is 17.5 Å². The molecule has 0 fully saturated rings. The summed E-state index contributed by atoms with van der Waals surface area (Å²) >= 11 is 0. The average molecular weight is 805 g/mol. The van der Waals surface area contributed by atoms with Crippen molar-refractivity contribution in [2.24, 2.45) is 0 Å². The van der Waals surface area contributed by atoms with Crippen LogP contribution in [-0.2, 0) is 0 Å². The normalized spacial score (nSPS) is 12.1. The van der Waals surface area contributed by atoms with Gasteiger partial charge in [0, 0.05) is 49.0 Å². The molecule has 0 unspecified atom stereocenters. The van der Waals surface area contributed by atoms with E-state index in [0.717, 1.165) is 88.1 Å². The zero-order valence-corrected chi connectivity index (χ0v) is 33.6. The van der Waals surface area contributed by atoms with Gasteiger partial charge in [0.15, 0.2) is 23.1 Å². The van der Waals surface area contributed by atoms with Crippen molar-refractivity contribution in [3.8, 4) is 39.9 Å². The van der Waals surface area contributed by atoms with Crippen LogP contribution >= 0.6 is 0 Å². The Bertz CT molecular complexity index is 4140. The van der Waals surface area contributed by atoms with Crippen LogP contribution in [0, 0.1) is 0 Å². The second-order valence-electron chi connectivity index (χ2n) is 16.4. The summed E-state index contributed by atoms with van der Waals surface area (Å²) in [5.41, 5.74) is 8.91. The smallest absolute Gasteiger partial charge is 0.164 e. The van der Waals surface area contributed by atoms with Gasteiger partial charge in [0.1, 0.15) is 16.7 Å². The second-order valence-corrected chi connectivity index (χ2v) is 16.4. The zero-order chi connectivity index (χ0) is 41.2. The van der Waals surface area contributed by atoms with Crippen molar-refractivity contribution in [1.82, 2.24) is 19.5 Å². The predicted octanol–water partition coefficient (Wildman–Crippen LogP) is 15.2.